The summed E-state index contributed by atoms with van der Waals surface area (Å²) >= 11 is 0. The minimum absolute atomic E-state index is 0.0806. The molecule has 2 aliphatic heterocycles. The van der Waals surface area contributed by atoms with E-state index in [1.807, 2.05) is 11.9 Å². The first-order chi connectivity index (χ1) is 13.0. The minimum atomic E-state index is -3.53. The maximum atomic E-state index is 12.8. The van der Waals surface area contributed by atoms with E-state index >= 15 is 0 Å². The largest absolute Gasteiger partial charge is 0.497 e. The third kappa shape index (κ3) is 4.44. The molecular weight excluding hydrogens is 366 g/mol. The molecule has 2 saturated heterocycles. The van der Waals surface area contributed by atoms with Gasteiger partial charge in [0, 0.05) is 38.1 Å². The zero-order chi connectivity index (χ0) is 19.4. The molecule has 1 amide bonds. The van der Waals surface area contributed by atoms with Crippen LogP contribution in [0.3, 0.4) is 0 Å². The van der Waals surface area contributed by atoms with Gasteiger partial charge in [0.05, 0.1) is 12.0 Å². The molecule has 7 nitrogen and oxygen atoms in total. The van der Waals surface area contributed by atoms with Crippen molar-refractivity contribution < 1.29 is 17.9 Å². The van der Waals surface area contributed by atoms with Crippen LogP contribution in [0.4, 0.5) is 0 Å². The Hall–Kier alpha value is -1.64. The summed E-state index contributed by atoms with van der Waals surface area (Å²) in [4.78, 5) is 15.0. The van der Waals surface area contributed by atoms with E-state index in [1.165, 1.54) is 4.31 Å². The third-order valence-electron chi connectivity index (χ3n) is 5.64. The average Bonchev–Trinajstić information content (AvgIpc) is 2.73. The standard InChI is InChI=1S/C19H29N3O4S/c1-20-16-4-3-11-21(14-16)19(23)15-9-12-22(13-10-15)27(24,25)18-7-5-17(26-2)6-8-18/h5-8,15-16,20H,3-4,9-14H2,1-2H3. The van der Waals surface area contributed by atoms with Crippen LogP contribution in [0.15, 0.2) is 29.2 Å². The van der Waals surface area contributed by atoms with Crippen LogP contribution in [0, 0.1) is 5.92 Å². The number of amides is 1. The molecule has 0 bridgehead atoms. The highest BCUT2D eigenvalue weighted by atomic mass is 32.2. The summed E-state index contributed by atoms with van der Waals surface area (Å²) in [7, 11) is -0.0511. The van der Waals surface area contributed by atoms with Gasteiger partial charge in [-0.1, -0.05) is 0 Å². The molecule has 2 fully saturated rings. The smallest absolute Gasteiger partial charge is 0.243 e. The number of nitrogens with one attached hydrogen (secondary N) is 1. The van der Waals surface area contributed by atoms with Crippen LogP contribution >= 0.6 is 0 Å². The molecule has 0 aliphatic carbocycles. The lowest BCUT2D eigenvalue weighted by Gasteiger charge is -2.37. The summed E-state index contributed by atoms with van der Waals surface area (Å²) in [6.45, 7) is 2.32. The average molecular weight is 396 g/mol. The second-order valence-electron chi connectivity index (χ2n) is 7.27. The van der Waals surface area contributed by atoms with Crippen molar-refractivity contribution in [2.75, 3.05) is 40.3 Å². The Morgan fingerprint density at radius 2 is 1.78 bits per heavy atom. The Balaban J connectivity index is 1.59. The van der Waals surface area contributed by atoms with E-state index in [4.69, 9.17) is 4.74 Å². The monoisotopic (exact) mass is 395 g/mol. The number of carbonyl (C=O) groups excluding carboxylic acids is 1. The van der Waals surface area contributed by atoms with Crippen LogP contribution in [-0.4, -0.2) is 69.9 Å². The van der Waals surface area contributed by atoms with Crippen LogP contribution in [0.1, 0.15) is 25.7 Å². The second-order valence-corrected chi connectivity index (χ2v) is 9.20. The van der Waals surface area contributed by atoms with E-state index in [0.29, 0.717) is 37.7 Å². The number of nitrogens with zero attached hydrogens (tertiary/aromatic N) is 2. The van der Waals surface area contributed by atoms with Crippen molar-refractivity contribution in [1.82, 2.24) is 14.5 Å². The molecule has 27 heavy (non-hydrogen) atoms. The number of rotatable bonds is 5. The summed E-state index contributed by atoms with van der Waals surface area (Å²) in [5.41, 5.74) is 0. The minimum Gasteiger partial charge on any atom is -0.497 e. The predicted octanol–water partition coefficient (Wildman–Crippen LogP) is 1.31. The highest BCUT2D eigenvalue weighted by molar-refractivity contribution is 7.89. The van der Waals surface area contributed by atoms with Gasteiger partial charge in [0.15, 0.2) is 0 Å². The van der Waals surface area contributed by atoms with Crippen LogP contribution in [0.25, 0.3) is 0 Å². The first kappa shape index (κ1) is 20.1. The number of carbonyl (C=O) groups is 1. The lowest BCUT2D eigenvalue weighted by Crippen LogP contribution is -2.50. The van der Waals surface area contributed by atoms with Crippen LogP contribution in [0.2, 0.25) is 0 Å². The van der Waals surface area contributed by atoms with Crippen molar-refractivity contribution in [3.05, 3.63) is 24.3 Å². The van der Waals surface area contributed by atoms with Gasteiger partial charge in [-0.05, 0) is 57.0 Å². The van der Waals surface area contributed by atoms with Crippen molar-refractivity contribution in [3.63, 3.8) is 0 Å². The Bertz CT molecular complexity index is 743. The zero-order valence-electron chi connectivity index (χ0n) is 16.1. The molecule has 0 saturated carbocycles. The number of ether oxygens (including phenoxy) is 1. The van der Waals surface area contributed by atoms with Gasteiger partial charge in [0.1, 0.15) is 5.75 Å². The molecule has 0 spiro atoms. The van der Waals surface area contributed by atoms with E-state index in [0.717, 1.165) is 25.9 Å². The topological polar surface area (TPSA) is 79.0 Å². The predicted molar refractivity (Wildman–Crippen MR) is 103 cm³/mol. The van der Waals surface area contributed by atoms with Crippen molar-refractivity contribution in [2.45, 2.75) is 36.6 Å². The van der Waals surface area contributed by atoms with Gasteiger partial charge in [-0.2, -0.15) is 4.31 Å². The van der Waals surface area contributed by atoms with Crippen LogP contribution in [0.5, 0.6) is 5.75 Å². The van der Waals surface area contributed by atoms with Gasteiger partial charge >= 0.3 is 0 Å². The molecule has 3 rings (SSSR count). The lowest BCUT2D eigenvalue weighted by atomic mass is 9.95. The fraction of sp³-hybridized carbons (Fsp3) is 0.632. The van der Waals surface area contributed by atoms with Crippen molar-refractivity contribution in [2.24, 2.45) is 5.92 Å². The molecule has 8 heteroatoms. The quantitative estimate of drug-likeness (QED) is 0.813. The number of likely N-dealkylation sites (N-methyl/N-ethyl adjacent to an activating group) is 1. The lowest BCUT2D eigenvalue weighted by molar-refractivity contribution is -0.138. The summed E-state index contributed by atoms with van der Waals surface area (Å²) < 4.78 is 32.2. The molecule has 2 heterocycles. The van der Waals surface area contributed by atoms with Crippen molar-refractivity contribution in [3.8, 4) is 5.75 Å². The Labute approximate surface area is 161 Å². The summed E-state index contributed by atoms with van der Waals surface area (Å²) in [6, 6.07) is 6.79. The van der Waals surface area contributed by atoms with Gasteiger partial charge in [-0.3, -0.25) is 4.79 Å². The normalized spacial score (nSPS) is 22.6. The van der Waals surface area contributed by atoms with Crippen molar-refractivity contribution in [1.29, 1.82) is 0 Å². The number of methoxy groups -OCH3 is 1. The number of piperidine rings is 2. The summed E-state index contributed by atoms with van der Waals surface area (Å²) in [5.74, 6) is 0.721. The number of sulfonamides is 1. The van der Waals surface area contributed by atoms with Gasteiger partial charge in [-0.25, -0.2) is 8.42 Å². The maximum absolute atomic E-state index is 12.8. The molecule has 1 aromatic carbocycles. The zero-order valence-corrected chi connectivity index (χ0v) is 16.9. The van der Waals surface area contributed by atoms with Gasteiger partial charge in [-0.15, -0.1) is 0 Å². The molecule has 2 aliphatic rings. The fourth-order valence-corrected chi connectivity index (χ4v) is 5.38. The van der Waals surface area contributed by atoms with Gasteiger partial charge < -0.3 is 15.0 Å². The number of likely N-dealkylation sites (tertiary alicyclic amines) is 1. The SMILES string of the molecule is CNC1CCCN(C(=O)C2CCN(S(=O)(=O)c3ccc(OC)cc3)CC2)C1. The molecule has 0 radical (unpaired) electrons. The van der Waals surface area contributed by atoms with E-state index in [-0.39, 0.29) is 16.7 Å². The maximum Gasteiger partial charge on any atom is 0.243 e. The van der Waals surface area contributed by atoms with Gasteiger partial charge in [0.2, 0.25) is 15.9 Å². The Kier molecular flexibility index (Phi) is 6.39. The second kappa shape index (κ2) is 8.58. The molecule has 0 aromatic heterocycles. The molecule has 1 atom stereocenters. The Morgan fingerprint density at radius 1 is 1.11 bits per heavy atom. The number of hydrogen-bond donors (Lipinski definition) is 1. The van der Waals surface area contributed by atoms with Gasteiger partial charge in [0.25, 0.3) is 0 Å². The summed E-state index contributed by atoms with van der Waals surface area (Å²) in [5, 5.41) is 3.25. The number of benzene rings is 1. The van der Waals surface area contributed by atoms with Crippen molar-refractivity contribution >= 4 is 15.9 Å². The van der Waals surface area contributed by atoms with E-state index in [1.54, 1.807) is 31.4 Å². The molecule has 1 aromatic rings. The third-order valence-corrected chi connectivity index (χ3v) is 7.55. The van der Waals surface area contributed by atoms with Crippen LogP contribution in [-0.2, 0) is 14.8 Å². The highest BCUT2D eigenvalue weighted by Gasteiger charge is 2.34. The molecular formula is C19H29N3O4S. The van der Waals surface area contributed by atoms with E-state index in [9.17, 15) is 13.2 Å². The highest BCUT2D eigenvalue weighted by Crippen LogP contribution is 2.27. The number of hydrogen-bond acceptors (Lipinski definition) is 5. The molecule has 150 valence electrons. The summed E-state index contributed by atoms with van der Waals surface area (Å²) in [6.07, 6.45) is 3.27. The first-order valence-electron chi connectivity index (χ1n) is 9.56. The molecule has 1 unspecified atom stereocenters. The Morgan fingerprint density at radius 3 is 2.37 bits per heavy atom. The van der Waals surface area contributed by atoms with Crippen LogP contribution < -0.4 is 10.1 Å². The first-order valence-corrected chi connectivity index (χ1v) is 11.0. The van der Waals surface area contributed by atoms with E-state index < -0.39 is 10.0 Å². The van der Waals surface area contributed by atoms with E-state index in [2.05, 4.69) is 5.32 Å². The molecule has 1 N–H and O–H groups in total. The fourth-order valence-electron chi connectivity index (χ4n) is 3.91.